The first kappa shape index (κ1) is 39.6. The van der Waals surface area contributed by atoms with Crippen LogP contribution in [0, 0.1) is 5.41 Å². The van der Waals surface area contributed by atoms with Gasteiger partial charge in [-0.25, -0.2) is 0 Å². The zero-order chi connectivity index (χ0) is 25.2. The average molecular weight is 517 g/mol. The van der Waals surface area contributed by atoms with Crippen LogP contribution in [0.4, 0.5) is 0 Å². The number of aliphatic hydroxyl groups excluding tert-OH is 3. The van der Waals surface area contributed by atoms with E-state index in [1.807, 2.05) is 6.92 Å². The molecule has 11 nitrogen and oxygen atoms in total. The molecule has 0 amide bonds. The summed E-state index contributed by atoms with van der Waals surface area (Å²) in [5.74, 6) is -3.25. The monoisotopic (exact) mass is 516 g/mol. The molecule has 0 unspecified atom stereocenters. The number of carbonyl (C=O) groups is 4. The van der Waals surface area contributed by atoms with Crippen molar-refractivity contribution in [1.29, 1.82) is 0 Å². The number of hydrogen-bond donors (Lipinski definition) is 11. The van der Waals surface area contributed by atoms with E-state index in [1.54, 1.807) is 0 Å². The van der Waals surface area contributed by atoms with Crippen LogP contribution in [-0.2, 0) is 19.2 Å². The molecule has 0 radical (unpaired) electrons. The summed E-state index contributed by atoms with van der Waals surface area (Å²) in [6.07, 6.45) is 0.750. The van der Waals surface area contributed by atoms with Gasteiger partial charge in [-0.2, -0.15) is 50.5 Å². The summed E-state index contributed by atoms with van der Waals surface area (Å²) in [7, 11) is 0. The second kappa shape index (κ2) is 30.4. The predicted octanol–water partition coefficient (Wildman–Crippen LogP) is -0.247. The quantitative estimate of drug-likeness (QED) is 0.180. The van der Waals surface area contributed by atoms with Crippen molar-refractivity contribution in [2.24, 2.45) is 5.41 Å². The molecule has 0 aromatic rings. The Hall–Kier alpha value is -0.840. The van der Waals surface area contributed by atoms with Gasteiger partial charge in [-0.15, -0.1) is 0 Å². The summed E-state index contributed by atoms with van der Waals surface area (Å²) >= 11 is 13.9. The maximum Gasteiger partial charge on any atom is 0.313 e. The molecule has 0 spiro atoms. The molecule has 0 bridgehead atoms. The van der Waals surface area contributed by atoms with Gasteiger partial charge in [-0.05, 0) is 6.42 Å². The van der Waals surface area contributed by atoms with Gasteiger partial charge in [0.1, 0.15) is 0 Å². The molecular formula is C15H32O11S4. The number of carboxylic acids is 4. The van der Waals surface area contributed by atoms with Crippen LogP contribution >= 0.6 is 50.5 Å². The van der Waals surface area contributed by atoms with Crippen molar-refractivity contribution in [3.8, 4) is 0 Å². The molecule has 0 saturated carbocycles. The zero-order valence-corrected chi connectivity index (χ0v) is 20.0. The van der Waals surface area contributed by atoms with Gasteiger partial charge in [0.2, 0.25) is 0 Å². The third-order valence-electron chi connectivity index (χ3n) is 2.49. The average Bonchev–Trinajstić information content (AvgIpc) is 2.71. The SMILES string of the molecule is CCC(CO)(CO)CO.O=C(O)CCS.O=C(O)CS.O=C(O)CS.O=C(O)CS. The zero-order valence-electron chi connectivity index (χ0n) is 16.4. The lowest BCUT2D eigenvalue weighted by Crippen LogP contribution is -2.32. The molecule has 0 rings (SSSR count). The van der Waals surface area contributed by atoms with E-state index in [0.717, 1.165) is 0 Å². The molecule has 0 aliphatic rings. The Morgan fingerprint density at radius 3 is 0.867 bits per heavy atom. The minimum atomic E-state index is -0.881. The normalized spacial score (nSPS) is 8.93. The molecule has 0 fully saturated rings. The summed E-state index contributed by atoms with van der Waals surface area (Å²) in [4.78, 5) is 37.4. The lowest BCUT2D eigenvalue weighted by Gasteiger charge is -2.24. The largest absolute Gasteiger partial charge is 0.481 e. The third kappa shape index (κ3) is 45.7. The molecule has 0 aliphatic heterocycles. The molecule has 0 aromatic carbocycles. The highest BCUT2D eigenvalue weighted by atomic mass is 32.1. The van der Waals surface area contributed by atoms with E-state index in [0.29, 0.717) is 12.2 Å². The minimum Gasteiger partial charge on any atom is -0.481 e. The Morgan fingerprint density at radius 1 is 0.633 bits per heavy atom. The van der Waals surface area contributed by atoms with Gasteiger partial charge in [0, 0.05) is 11.2 Å². The number of carboxylic acid groups (broad SMARTS) is 4. The van der Waals surface area contributed by atoms with Crippen LogP contribution in [0.3, 0.4) is 0 Å². The summed E-state index contributed by atoms with van der Waals surface area (Å²) in [5.41, 5.74) is -0.667. The Balaban J connectivity index is -0.0000000891. The number of rotatable bonds is 9. The van der Waals surface area contributed by atoms with E-state index in [4.69, 9.17) is 35.7 Å². The predicted molar refractivity (Wildman–Crippen MR) is 125 cm³/mol. The number of hydrogen-bond acceptors (Lipinski definition) is 11. The molecule has 0 heterocycles. The number of aliphatic carboxylic acids is 4. The highest BCUT2D eigenvalue weighted by Crippen LogP contribution is 2.18. The summed E-state index contributed by atoms with van der Waals surface area (Å²) in [6.45, 7) is 1.35. The molecule has 0 aromatic heterocycles. The minimum absolute atomic E-state index is 0.0833. The van der Waals surface area contributed by atoms with Gasteiger partial charge in [0.15, 0.2) is 0 Å². The smallest absolute Gasteiger partial charge is 0.313 e. The van der Waals surface area contributed by atoms with Gasteiger partial charge >= 0.3 is 23.9 Å². The van der Waals surface area contributed by atoms with Gasteiger partial charge in [0.25, 0.3) is 0 Å². The Morgan fingerprint density at radius 2 is 0.867 bits per heavy atom. The fourth-order valence-electron chi connectivity index (χ4n) is 0.581. The Bertz CT molecular complexity index is 382. The van der Waals surface area contributed by atoms with Gasteiger partial charge in [-0.1, -0.05) is 6.92 Å². The third-order valence-corrected chi connectivity index (χ3v) is 3.52. The Kier molecular flexibility index (Phi) is 40.1. The molecule has 0 aliphatic carbocycles. The van der Waals surface area contributed by atoms with Crippen molar-refractivity contribution < 1.29 is 54.9 Å². The molecular weight excluding hydrogens is 484 g/mol. The Labute approximate surface area is 197 Å². The van der Waals surface area contributed by atoms with Crippen molar-refractivity contribution in [2.75, 3.05) is 42.8 Å². The van der Waals surface area contributed by atoms with Gasteiger partial charge < -0.3 is 35.7 Å². The molecule has 7 N–H and O–H groups in total. The van der Waals surface area contributed by atoms with Gasteiger partial charge in [-0.3, -0.25) is 19.2 Å². The standard InChI is InChI=1S/C6H14O3.C3H6O2S.3C2H4O2S/c1-2-6(3-7,4-8)5-9;4-3(5)1-2-6;3*3-2(4)1-5/h7-9H,2-5H2,1H3;6H,1-2H2,(H,4,5);3*5H,1H2,(H,3,4). The van der Waals surface area contributed by atoms with E-state index in [1.165, 1.54) is 0 Å². The number of aliphatic hydroxyl groups is 3. The second-order valence-corrected chi connectivity index (χ2v) is 6.25. The summed E-state index contributed by atoms with van der Waals surface area (Å²) < 4.78 is 0. The van der Waals surface area contributed by atoms with Gasteiger partial charge in [0.05, 0.1) is 43.5 Å². The molecule has 15 heteroatoms. The highest BCUT2D eigenvalue weighted by molar-refractivity contribution is 7.81. The molecule has 30 heavy (non-hydrogen) atoms. The maximum atomic E-state index is 9.55. The van der Waals surface area contributed by atoms with Crippen LogP contribution in [-0.4, -0.2) is 102 Å². The van der Waals surface area contributed by atoms with E-state index in [2.05, 4.69) is 50.5 Å². The lowest BCUT2D eigenvalue weighted by molar-refractivity contribution is -0.137. The van der Waals surface area contributed by atoms with Crippen molar-refractivity contribution >= 4 is 74.4 Å². The second-order valence-electron chi connectivity index (χ2n) is 4.85. The van der Waals surface area contributed by atoms with Crippen LogP contribution in [0.1, 0.15) is 19.8 Å². The fraction of sp³-hybridized carbons (Fsp3) is 0.733. The molecule has 182 valence electrons. The molecule has 0 atom stereocenters. The fourth-order valence-corrected chi connectivity index (χ4v) is 0.772. The van der Waals surface area contributed by atoms with Crippen LogP contribution in [0.2, 0.25) is 0 Å². The highest BCUT2D eigenvalue weighted by Gasteiger charge is 2.24. The molecule has 0 saturated heterocycles. The first-order chi connectivity index (χ1) is 13.8. The van der Waals surface area contributed by atoms with Crippen LogP contribution < -0.4 is 0 Å². The van der Waals surface area contributed by atoms with Crippen molar-refractivity contribution in [1.82, 2.24) is 0 Å². The van der Waals surface area contributed by atoms with E-state index >= 15 is 0 Å². The van der Waals surface area contributed by atoms with E-state index in [-0.39, 0.29) is 43.5 Å². The van der Waals surface area contributed by atoms with Crippen LogP contribution in [0.25, 0.3) is 0 Å². The summed E-state index contributed by atoms with van der Waals surface area (Å²) in [6, 6.07) is 0. The maximum absolute atomic E-state index is 9.55. The van der Waals surface area contributed by atoms with Crippen molar-refractivity contribution in [3.05, 3.63) is 0 Å². The van der Waals surface area contributed by atoms with E-state index < -0.39 is 29.3 Å². The summed E-state index contributed by atoms with van der Waals surface area (Å²) in [5, 5.41) is 56.8. The number of thiol groups is 4. The van der Waals surface area contributed by atoms with Crippen LogP contribution in [0.5, 0.6) is 0 Å². The van der Waals surface area contributed by atoms with Crippen LogP contribution in [0.15, 0.2) is 0 Å². The van der Waals surface area contributed by atoms with Crippen molar-refractivity contribution in [2.45, 2.75) is 19.8 Å². The first-order valence-electron chi connectivity index (χ1n) is 7.96. The van der Waals surface area contributed by atoms with Crippen molar-refractivity contribution in [3.63, 3.8) is 0 Å². The van der Waals surface area contributed by atoms with E-state index in [9.17, 15) is 19.2 Å². The first-order valence-corrected chi connectivity index (χ1v) is 10.5. The topological polar surface area (TPSA) is 210 Å². The lowest BCUT2D eigenvalue weighted by atomic mass is 9.88.